The summed E-state index contributed by atoms with van der Waals surface area (Å²) < 4.78 is 1.97. The molecule has 0 spiro atoms. The molecule has 19 heavy (non-hydrogen) atoms. The van der Waals surface area contributed by atoms with Gasteiger partial charge in [0.15, 0.2) is 0 Å². The average molecular weight is 296 g/mol. The second-order valence-corrected chi connectivity index (χ2v) is 6.33. The van der Waals surface area contributed by atoms with Crippen LogP contribution in [0.2, 0.25) is 0 Å². The Bertz CT molecular complexity index is 602. The van der Waals surface area contributed by atoms with Crippen LogP contribution in [0.4, 0.5) is 5.82 Å². The summed E-state index contributed by atoms with van der Waals surface area (Å²) in [6.45, 7) is 5.34. The molecule has 2 aromatic heterocycles. The third-order valence-corrected chi connectivity index (χ3v) is 5.26. The third kappa shape index (κ3) is 1.98. The Balaban J connectivity index is 2.05. The SMILES string of the molecule is Cc1nn(C)c(N2CCc3sccc3C2C)c1CCl. The van der Waals surface area contributed by atoms with Gasteiger partial charge in [0.05, 0.1) is 17.6 Å². The molecule has 1 aliphatic rings. The molecule has 0 saturated heterocycles. The molecule has 1 unspecified atom stereocenters. The maximum absolute atomic E-state index is 6.12. The van der Waals surface area contributed by atoms with E-state index in [1.165, 1.54) is 16.3 Å². The van der Waals surface area contributed by atoms with Crippen molar-refractivity contribution in [3.8, 4) is 0 Å². The molecule has 3 heterocycles. The molecule has 3 rings (SSSR count). The van der Waals surface area contributed by atoms with Crippen molar-refractivity contribution in [2.75, 3.05) is 11.4 Å². The fraction of sp³-hybridized carbons (Fsp3) is 0.500. The molecule has 5 heteroatoms. The number of aryl methyl sites for hydroxylation is 2. The Morgan fingerprint density at radius 1 is 1.53 bits per heavy atom. The average Bonchev–Trinajstić information content (AvgIpc) is 2.95. The van der Waals surface area contributed by atoms with E-state index in [1.54, 1.807) is 0 Å². The van der Waals surface area contributed by atoms with Crippen molar-refractivity contribution in [2.24, 2.45) is 7.05 Å². The molecule has 0 radical (unpaired) electrons. The minimum Gasteiger partial charge on any atom is -0.349 e. The number of hydrogen-bond donors (Lipinski definition) is 0. The molecule has 1 aliphatic heterocycles. The van der Waals surface area contributed by atoms with Crippen LogP contribution in [0.15, 0.2) is 11.4 Å². The van der Waals surface area contributed by atoms with Crippen LogP contribution < -0.4 is 4.90 Å². The fourth-order valence-corrected chi connectivity index (χ4v) is 4.28. The zero-order valence-electron chi connectivity index (χ0n) is 11.5. The molecule has 102 valence electrons. The van der Waals surface area contributed by atoms with Crippen LogP contribution in [-0.2, 0) is 19.3 Å². The van der Waals surface area contributed by atoms with Crippen molar-refractivity contribution in [3.05, 3.63) is 33.1 Å². The molecule has 1 atom stereocenters. The van der Waals surface area contributed by atoms with E-state index in [0.717, 1.165) is 24.2 Å². The Hall–Kier alpha value is -1.00. The second-order valence-electron chi connectivity index (χ2n) is 5.06. The van der Waals surface area contributed by atoms with E-state index < -0.39 is 0 Å². The summed E-state index contributed by atoms with van der Waals surface area (Å²) in [5.74, 6) is 1.70. The van der Waals surface area contributed by atoms with Gasteiger partial charge in [-0.1, -0.05) is 0 Å². The lowest BCUT2D eigenvalue weighted by Gasteiger charge is -2.35. The van der Waals surface area contributed by atoms with Crippen molar-refractivity contribution in [1.29, 1.82) is 0 Å². The number of halogens is 1. The zero-order chi connectivity index (χ0) is 13.6. The van der Waals surface area contributed by atoms with Gasteiger partial charge in [0, 0.05) is 24.0 Å². The summed E-state index contributed by atoms with van der Waals surface area (Å²) >= 11 is 7.99. The highest BCUT2D eigenvalue weighted by atomic mass is 35.5. The number of nitrogens with zero attached hydrogens (tertiary/aromatic N) is 3. The molecule has 0 aliphatic carbocycles. The van der Waals surface area contributed by atoms with Gasteiger partial charge in [0.25, 0.3) is 0 Å². The minimum atomic E-state index is 0.395. The van der Waals surface area contributed by atoms with Gasteiger partial charge in [-0.15, -0.1) is 22.9 Å². The lowest BCUT2D eigenvalue weighted by Crippen LogP contribution is -2.35. The molecule has 0 N–H and O–H groups in total. The normalized spacial score (nSPS) is 18.7. The number of anilines is 1. The van der Waals surface area contributed by atoms with E-state index in [0.29, 0.717) is 11.9 Å². The first-order valence-electron chi connectivity index (χ1n) is 6.54. The summed E-state index contributed by atoms with van der Waals surface area (Å²) in [5, 5.41) is 6.72. The van der Waals surface area contributed by atoms with Crippen molar-refractivity contribution < 1.29 is 0 Å². The molecular weight excluding hydrogens is 278 g/mol. The highest BCUT2D eigenvalue weighted by molar-refractivity contribution is 7.10. The number of fused-ring (bicyclic) bond motifs is 1. The molecule has 0 bridgehead atoms. The lowest BCUT2D eigenvalue weighted by atomic mass is 10.0. The van der Waals surface area contributed by atoms with Crippen LogP contribution in [0.1, 0.15) is 34.7 Å². The van der Waals surface area contributed by atoms with Crippen LogP contribution in [0.3, 0.4) is 0 Å². The summed E-state index contributed by atoms with van der Waals surface area (Å²) in [6, 6.07) is 2.65. The molecule has 3 nitrogen and oxygen atoms in total. The lowest BCUT2D eigenvalue weighted by molar-refractivity contribution is 0.598. The van der Waals surface area contributed by atoms with E-state index >= 15 is 0 Å². The van der Waals surface area contributed by atoms with E-state index in [1.807, 2.05) is 30.0 Å². The van der Waals surface area contributed by atoms with Gasteiger partial charge >= 0.3 is 0 Å². The van der Waals surface area contributed by atoms with Crippen LogP contribution in [0.5, 0.6) is 0 Å². The number of hydrogen-bond acceptors (Lipinski definition) is 3. The summed E-state index contributed by atoms with van der Waals surface area (Å²) in [5.41, 5.74) is 3.65. The molecule has 0 aromatic carbocycles. The highest BCUT2D eigenvalue weighted by Crippen LogP contribution is 2.38. The van der Waals surface area contributed by atoms with Crippen molar-refractivity contribution >= 4 is 28.8 Å². The van der Waals surface area contributed by atoms with Crippen molar-refractivity contribution in [3.63, 3.8) is 0 Å². The summed E-state index contributed by atoms with van der Waals surface area (Å²) in [7, 11) is 2.01. The van der Waals surface area contributed by atoms with Gasteiger partial charge in [-0.3, -0.25) is 4.68 Å². The quantitative estimate of drug-likeness (QED) is 0.789. The first-order valence-corrected chi connectivity index (χ1v) is 7.96. The maximum Gasteiger partial charge on any atom is 0.131 e. The van der Waals surface area contributed by atoms with Crippen LogP contribution in [0.25, 0.3) is 0 Å². The van der Waals surface area contributed by atoms with Crippen LogP contribution in [0, 0.1) is 6.92 Å². The molecule has 0 amide bonds. The fourth-order valence-electron chi connectivity index (χ4n) is 3.00. The molecule has 0 fully saturated rings. The number of thiophene rings is 1. The number of rotatable bonds is 2. The Kier molecular flexibility index (Phi) is 3.31. The topological polar surface area (TPSA) is 21.1 Å². The van der Waals surface area contributed by atoms with Crippen molar-refractivity contribution in [2.45, 2.75) is 32.2 Å². The Morgan fingerprint density at radius 2 is 2.32 bits per heavy atom. The Labute approximate surface area is 122 Å². The minimum absolute atomic E-state index is 0.395. The van der Waals surface area contributed by atoms with E-state index in [9.17, 15) is 0 Å². The van der Waals surface area contributed by atoms with E-state index in [4.69, 9.17) is 11.6 Å². The smallest absolute Gasteiger partial charge is 0.131 e. The number of aromatic nitrogens is 2. The van der Waals surface area contributed by atoms with Gasteiger partial charge in [0.2, 0.25) is 0 Å². The molecule has 0 saturated carbocycles. The largest absolute Gasteiger partial charge is 0.349 e. The predicted octanol–water partition coefficient (Wildman–Crippen LogP) is 3.65. The molecule has 2 aromatic rings. The number of alkyl halides is 1. The molecular formula is C14H18ClN3S. The second kappa shape index (κ2) is 4.84. The first kappa shape index (κ1) is 13.0. The monoisotopic (exact) mass is 295 g/mol. The maximum atomic E-state index is 6.12. The zero-order valence-corrected chi connectivity index (χ0v) is 13.1. The summed E-state index contributed by atoms with van der Waals surface area (Å²) in [6.07, 6.45) is 1.11. The van der Waals surface area contributed by atoms with Gasteiger partial charge in [0.1, 0.15) is 5.82 Å². The van der Waals surface area contributed by atoms with Gasteiger partial charge in [-0.25, -0.2) is 0 Å². The van der Waals surface area contributed by atoms with Crippen LogP contribution in [-0.4, -0.2) is 16.3 Å². The van der Waals surface area contributed by atoms with Crippen molar-refractivity contribution in [1.82, 2.24) is 9.78 Å². The highest BCUT2D eigenvalue weighted by Gasteiger charge is 2.29. The third-order valence-electron chi connectivity index (χ3n) is 4.00. The van der Waals surface area contributed by atoms with Gasteiger partial charge in [-0.2, -0.15) is 5.10 Å². The van der Waals surface area contributed by atoms with E-state index in [-0.39, 0.29) is 0 Å². The first-order chi connectivity index (χ1) is 9.13. The van der Waals surface area contributed by atoms with Gasteiger partial charge < -0.3 is 4.90 Å². The standard InChI is InChI=1S/C14H18ClN3S/c1-9-12(8-15)14(17(3)16-9)18-6-4-13-11(10(18)2)5-7-19-13/h5,7,10H,4,6,8H2,1-3H3. The van der Waals surface area contributed by atoms with Gasteiger partial charge in [-0.05, 0) is 37.3 Å². The predicted molar refractivity (Wildman–Crippen MR) is 81.3 cm³/mol. The Morgan fingerprint density at radius 3 is 3.05 bits per heavy atom. The summed E-state index contributed by atoms with van der Waals surface area (Å²) in [4.78, 5) is 3.96. The van der Waals surface area contributed by atoms with Crippen LogP contribution >= 0.6 is 22.9 Å². The van der Waals surface area contributed by atoms with E-state index in [2.05, 4.69) is 28.4 Å².